The van der Waals surface area contributed by atoms with Crippen LogP contribution in [0, 0.1) is 5.92 Å². The van der Waals surface area contributed by atoms with Crippen molar-refractivity contribution in [2.75, 3.05) is 7.05 Å². The molecule has 86 valence electrons. The Kier molecular flexibility index (Phi) is 4.97. The average Bonchev–Trinajstić information content (AvgIpc) is 2.31. The summed E-state index contributed by atoms with van der Waals surface area (Å²) < 4.78 is 0. The number of aliphatic imine (C=N–C) groups is 1. The highest BCUT2D eigenvalue weighted by atomic mass is 14.7. The lowest BCUT2D eigenvalue weighted by atomic mass is 9.97. The fraction of sp³-hybridized carbons (Fsp3) is 0.400. The minimum atomic E-state index is 0.488. The highest BCUT2D eigenvalue weighted by molar-refractivity contribution is 6.10. The van der Waals surface area contributed by atoms with Crippen LogP contribution in [0.15, 0.2) is 53.1 Å². The zero-order valence-corrected chi connectivity index (χ0v) is 10.5. The highest BCUT2D eigenvalue weighted by Crippen LogP contribution is 2.16. The van der Waals surface area contributed by atoms with Gasteiger partial charge in [-0.3, -0.25) is 4.99 Å². The van der Waals surface area contributed by atoms with E-state index in [0.717, 1.165) is 18.6 Å². The Bertz CT molecular complexity index is 365. The van der Waals surface area contributed by atoms with Gasteiger partial charge in [-0.1, -0.05) is 44.7 Å². The summed E-state index contributed by atoms with van der Waals surface area (Å²) in [4.78, 5) is 4.35. The topological polar surface area (TPSA) is 12.4 Å². The molecule has 0 amide bonds. The van der Waals surface area contributed by atoms with Crippen LogP contribution in [0.25, 0.3) is 0 Å². The maximum Gasteiger partial charge on any atom is 0.0642 e. The maximum atomic E-state index is 4.35. The lowest BCUT2D eigenvalue weighted by molar-refractivity contribution is 0.793. The molecule has 0 aliphatic heterocycles. The Balaban J connectivity index is 2.96. The first-order valence-electron chi connectivity index (χ1n) is 5.87. The van der Waals surface area contributed by atoms with E-state index in [9.17, 15) is 0 Å². The molecule has 0 radical (unpaired) electrons. The fourth-order valence-corrected chi connectivity index (χ4v) is 1.70. The highest BCUT2D eigenvalue weighted by Gasteiger charge is 2.06. The third-order valence-electron chi connectivity index (χ3n) is 2.74. The number of allylic oxidation sites excluding steroid dienone is 7. The molecule has 0 aromatic heterocycles. The van der Waals surface area contributed by atoms with Gasteiger partial charge < -0.3 is 0 Å². The van der Waals surface area contributed by atoms with Gasteiger partial charge in [0.25, 0.3) is 0 Å². The van der Waals surface area contributed by atoms with Crippen LogP contribution in [-0.2, 0) is 0 Å². The van der Waals surface area contributed by atoms with Crippen LogP contribution in [0.5, 0.6) is 0 Å². The molecule has 1 nitrogen and oxygen atoms in total. The lowest BCUT2D eigenvalue weighted by Crippen LogP contribution is -2.03. The Morgan fingerprint density at radius 2 is 2.19 bits per heavy atom. The second-order valence-electron chi connectivity index (χ2n) is 4.25. The van der Waals surface area contributed by atoms with Crippen LogP contribution in [0.1, 0.15) is 26.7 Å². The van der Waals surface area contributed by atoms with Gasteiger partial charge in [-0.2, -0.15) is 0 Å². The van der Waals surface area contributed by atoms with E-state index in [1.54, 1.807) is 0 Å². The normalized spacial score (nSPS) is 17.6. The Morgan fingerprint density at radius 3 is 2.62 bits per heavy atom. The summed E-state index contributed by atoms with van der Waals surface area (Å²) in [5, 5.41) is 0. The summed E-state index contributed by atoms with van der Waals surface area (Å²) in [6.07, 6.45) is 12.9. The Labute approximate surface area is 99.0 Å². The SMILES string of the molecule is C=C/C(=C\C(=NC)C1=CCCC=C1)C(C)C. The third kappa shape index (κ3) is 3.34. The largest absolute Gasteiger partial charge is 0.288 e. The molecule has 1 aliphatic carbocycles. The second kappa shape index (κ2) is 6.26. The van der Waals surface area contributed by atoms with Gasteiger partial charge in [0.1, 0.15) is 0 Å². The quantitative estimate of drug-likeness (QED) is 0.494. The van der Waals surface area contributed by atoms with Gasteiger partial charge in [-0.05, 0) is 36.0 Å². The third-order valence-corrected chi connectivity index (χ3v) is 2.74. The molecule has 0 spiro atoms. The van der Waals surface area contributed by atoms with Crippen molar-refractivity contribution < 1.29 is 0 Å². The van der Waals surface area contributed by atoms with Crippen LogP contribution in [0.2, 0.25) is 0 Å². The van der Waals surface area contributed by atoms with Gasteiger partial charge in [0.05, 0.1) is 5.71 Å². The molecule has 16 heavy (non-hydrogen) atoms. The summed E-state index contributed by atoms with van der Waals surface area (Å²) in [6, 6.07) is 0. The smallest absolute Gasteiger partial charge is 0.0642 e. The van der Waals surface area contributed by atoms with Crippen LogP contribution >= 0.6 is 0 Å². The molecular formula is C15H21N. The standard InChI is InChI=1S/C15H21N/c1-5-13(12(2)3)11-15(16-4)14-9-7-6-8-10-14/h5,7,9-12H,1,6,8H2,2-4H3/b13-11+,16-15?. The molecule has 1 aliphatic rings. The summed E-state index contributed by atoms with van der Waals surface area (Å²) in [5.41, 5.74) is 3.52. The Morgan fingerprint density at radius 1 is 1.44 bits per heavy atom. The summed E-state index contributed by atoms with van der Waals surface area (Å²) >= 11 is 0. The number of hydrogen-bond donors (Lipinski definition) is 0. The minimum Gasteiger partial charge on any atom is -0.288 e. The molecule has 0 bridgehead atoms. The summed E-state index contributed by atoms with van der Waals surface area (Å²) in [7, 11) is 1.84. The van der Waals surface area contributed by atoms with E-state index in [1.807, 2.05) is 13.1 Å². The van der Waals surface area contributed by atoms with Crippen molar-refractivity contribution in [3.05, 3.63) is 48.1 Å². The molecule has 0 heterocycles. The van der Waals surface area contributed by atoms with Gasteiger partial charge in [0.2, 0.25) is 0 Å². The summed E-state index contributed by atoms with van der Waals surface area (Å²) in [5.74, 6) is 0.488. The zero-order valence-electron chi connectivity index (χ0n) is 10.5. The predicted octanol–water partition coefficient (Wildman–Crippen LogP) is 4.10. The maximum absolute atomic E-state index is 4.35. The molecule has 0 unspecified atom stereocenters. The molecule has 0 saturated carbocycles. The summed E-state index contributed by atoms with van der Waals surface area (Å²) in [6.45, 7) is 8.20. The first-order valence-corrected chi connectivity index (χ1v) is 5.87. The predicted molar refractivity (Wildman–Crippen MR) is 72.9 cm³/mol. The van der Waals surface area contributed by atoms with Crippen molar-refractivity contribution in [2.24, 2.45) is 10.9 Å². The van der Waals surface area contributed by atoms with E-state index in [2.05, 4.69) is 49.7 Å². The van der Waals surface area contributed by atoms with Crippen LogP contribution in [0.4, 0.5) is 0 Å². The van der Waals surface area contributed by atoms with Gasteiger partial charge in [-0.15, -0.1) is 0 Å². The molecule has 0 saturated heterocycles. The molecule has 0 N–H and O–H groups in total. The van der Waals surface area contributed by atoms with E-state index in [1.165, 1.54) is 11.1 Å². The van der Waals surface area contributed by atoms with Crippen molar-refractivity contribution in [1.82, 2.24) is 0 Å². The average molecular weight is 215 g/mol. The second-order valence-corrected chi connectivity index (χ2v) is 4.25. The Hall–Kier alpha value is -1.37. The van der Waals surface area contributed by atoms with Crippen LogP contribution in [0.3, 0.4) is 0 Å². The first kappa shape index (κ1) is 12.7. The zero-order chi connectivity index (χ0) is 12.0. The van der Waals surface area contributed by atoms with Gasteiger partial charge in [0, 0.05) is 7.05 Å². The van der Waals surface area contributed by atoms with Crippen molar-refractivity contribution >= 4 is 5.71 Å². The monoisotopic (exact) mass is 215 g/mol. The molecule has 0 atom stereocenters. The van der Waals surface area contributed by atoms with Crippen molar-refractivity contribution in [3.63, 3.8) is 0 Å². The molecule has 0 fully saturated rings. The van der Waals surface area contributed by atoms with Crippen LogP contribution in [-0.4, -0.2) is 12.8 Å². The van der Waals surface area contributed by atoms with E-state index < -0.39 is 0 Å². The van der Waals surface area contributed by atoms with Crippen molar-refractivity contribution in [1.29, 1.82) is 0 Å². The van der Waals surface area contributed by atoms with E-state index in [-0.39, 0.29) is 0 Å². The first-order chi connectivity index (χ1) is 7.69. The fourth-order valence-electron chi connectivity index (χ4n) is 1.70. The van der Waals surface area contributed by atoms with E-state index in [4.69, 9.17) is 0 Å². The van der Waals surface area contributed by atoms with Gasteiger partial charge in [0.15, 0.2) is 0 Å². The number of hydrogen-bond acceptors (Lipinski definition) is 1. The van der Waals surface area contributed by atoms with Gasteiger partial charge >= 0.3 is 0 Å². The molecule has 0 aromatic rings. The van der Waals surface area contributed by atoms with Gasteiger partial charge in [-0.25, -0.2) is 0 Å². The molecular weight excluding hydrogens is 194 g/mol. The number of rotatable bonds is 4. The number of nitrogens with zero attached hydrogens (tertiary/aromatic N) is 1. The van der Waals surface area contributed by atoms with E-state index in [0.29, 0.717) is 5.92 Å². The molecule has 1 heteroatoms. The lowest BCUT2D eigenvalue weighted by Gasteiger charge is -2.10. The van der Waals surface area contributed by atoms with Crippen molar-refractivity contribution in [2.45, 2.75) is 26.7 Å². The minimum absolute atomic E-state index is 0.488. The molecule has 0 aromatic carbocycles. The molecule has 1 rings (SSSR count). The van der Waals surface area contributed by atoms with E-state index >= 15 is 0 Å². The van der Waals surface area contributed by atoms with Crippen LogP contribution < -0.4 is 0 Å². The van der Waals surface area contributed by atoms with Crippen molar-refractivity contribution in [3.8, 4) is 0 Å².